The Bertz CT molecular complexity index is 644. The summed E-state index contributed by atoms with van der Waals surface area (Å²) < 4.78 is 19.0. The van der Waals surface area contributed by atoms with E-state index in [9.17, 15) is 9.18 Å². The van der Waals surface area contributed by atoms with Crippen LogP contribution in [0.3, 0.4) is 0 Å². The van der Waals surface area contributed by atoms with Crippen molar-refractivity contribution in [3.63, 3.8) is 0 Å². The van der Waals surface area contributed by atoms with Gasteiger partial charge in [0.2, 0.25) is 5.82 Å². The topological polar surface area (TPSA) is 72.3 Å². The molecule has 1 aromatic carbocycles. The minimum Gasteiger partial charge on any atom is -0.478 e. The van der Waals surface area contributed by atoms with Crippen LogP contribution in [0, 0.1) is 19.7 Å². The number of aryl methyl sites for hydroxylation is 2. The van der Waals surface area contributed by atoms with E-state index in [-0.39, 0.29) is 22.9 Å². The summed E-state index contributed by atoms with van der Waals surface area (Å²) in [6.07, 6.45) is 1.16. The summed E-state index contributed by atoms with van der Waals surface area (Å²) in [6.45, 7) is 3.25. The van der Waals surface area contributed by atoms with Crippen LogP contribution < -0.4 is 4.74 Å². The molecule has 0 radical (unpaired) electrons. The minimum absolute atomic E-state index is 0.0458. The lowest BCUT2D eigenvalue weighted by molar-refractivity contribution is 0.0694. The van der Waals surface area contributed by atoms with E-state index in [1.165, 1.54) is 19.1 Å². The van der Waals surface area contributed by atoms with Gasteiger partial charge in [-0.1, -0.05) is 6.07 Å². The number of carbonyl (C=O) groups is 1. The zero-order valence-electron chi connectivity index (χ0n) is 10.3. The van der Waals surface area contributed by atoms with Gasteiger partial charge in [-0.2, -0.15) is 9.37 Å². The van der Waals surface area contributed by atoms with Crippen molar-refractivity contribution in [3.05, 3.63) is 47.2 Å². The van der Waals surface area contributed by atoms with E-state index in [4.69, 9.17) is 9.84 Å². The fraction of sp³-hybridized carbons (Fsp3) is 0.154. The number of carboxylic acid groups (broad SMARTS) is 1. The summed E-state index contributed by atoms with van der Waals surface area (Å²) in [7, 11) is 0. The standard InChI is InChI=1S/C13H11FN2O3/c1-7-3-4-9(13(17)18)10(5-7)19-12-11(14)8(2)15-6-16-12/h3-6H,1-2H3,(H,17,18). The third-order valence-electron chi connectivity index (χ3n) is 2.51. The normalized spacial score (nSPS) is 10.3. The summed E-state index contributed by atoms with van der Waals surface area (Å²) in [4.78, 5) is 18.4. The van der Waals surface area contributed by atoms with Crippen LogP contribution in [0.15, 0.2) is 24.5 Å². The highest BCUT2D eigenvalue weighted by atomic mass is 19.1. The van der Waals surface area contributed by atoms with Crippen LogP contribution in [0.1, 0.15) is 21.6 Å². The molecule has 6 heteroatoms. The van der Waals surface area contributed by atoms with Crippen molar-refractivity contribution in [1.82, 2.24) is 9.97 Å². The maximum atomic E-state index is 13.7. The van der Waals surface area contributed by atoms with Crippen LogP contribution in [0.25, 0.3) is 0 Å². The predicted octanol–water partition coefficient (Wildman–Crippen LogP) is 2.72. The average molecular weight is 262 g/mol. The quantitative estimate of drug-likeness (QED) is 0.920. The molecule has 2 aromatic rings. The van der Waals surface area contributed by atoms with E-state index in [1.54, 1.807) is 13.0 Å². The van der Waals surface area contributed by atoms with E-state index < -0.39 is 11.8 Å². The van der Waals surface area contributed by atoms with Crippen molar-refractivity contribution in [1.29, 1.82) is 0 Å². The molecule has 98 valence electrons. The largest absolute Gasteiger partial charge is 0.478 e. The van der Waals surface area contributed by atoms with E-state index in [0.29, 0.717) is 0 Å². The maximum Gasteiger partial charge on any atom is 0.339 e. The Morgan fingerprint density at radius 3 is 2.74 bits per heavy atom. The molecule has 0 saturated carbocycles. The second-order valence-electron chi connectivity index (χ2n) is 3.99. The molecule has 1 heterocycles. The van der Waals surface area contributed by atoms with Crippen LogP contribution in [-0.2, 0) is 0 Å². The Labute approximate surface area is 108 Å². The fourth-order valence-corrected chi connectivity index (χ4v) is 1.50. The van der Waals surface area contributed by atoms with Gasteiger partial charge in [0.1, 0.15) is 17.6 Å². The molecule has 1 N–H and O–H groups in total. The number of aromatic nitrogens is 2. The van der Waals surface area contributed by atoms with Crippen LogP contribution in [-0.4, -0.2) is 21.0 Å². The Morgan fingerprint density at radius 2 is 2.05 bits per heavy atom. The first kappa shape index (κ1) is 12.9. The van der Waals surface area contributed by atoms with Crippen LogP contribution in [0.2, 0.25) is 0 Å². The third-order valence-corrected chi connectivity index (χ3v) is 2.51. The SMILES string of the molecule is Cc1ccc(C(=O)O)c(Oc2ncnc(C)c2F)c1. The van der Waals surface area contributed by atoms with Gasteiger partial charge in [0, 0.05) is 0 Å². The lowest BCUT2D eigenvalue weighted by Crippen LogP contribution is -2.03. The highest BCUT2D eigenvalue weighted by Crippen LogP contribution is 2.27. The van der Waals surface area contributed by atoms with Gasteiger partial charge in [-0.25, -0.2) is 9.78 Å². The van der Waals surface area contributed by atoms with Crippen molar-refractivity contribution in [2.45, 2.75) is 13.8 Å². The molecule has 0 unspecified atom stereocenters. The van der Waals surface area contributed by atoms with E-state index in [1.807, 2.05) is 0 Å². The van der Waals surface area contributed by atoms with Crippen LogP contribution >= 0.6 is 0 Å². The molecule has 0 aliphatic rings. The van der Waals surface area contributed by atoms with E-state index >= 15 is 0 Å². The zero-order valence-corrected chi connectivity index (χ0v) is 10.3. The van der Waals surface area contributed by atoms with Crippen LogP contribution in [0.5, 0.6) is 11.6 Å². The Morgan fingerprint density at radius 1 is 1.32 bits per heavy atom. The average Bonchev–Trinajstić information content (AvgIpc) is 2.35. The lowest BCUT2D eigenvalue weighted by atomic mass is 10.1. The molecule has 0 fully saturated rings. The van der Waals surface area contributed by atoms with E-state index in [2.05, 4.69) is 9.97 Å². The van der Waals surface area contributed by atoms with Crippen molar-refractivity contribution >= 4 is 5.97 Å². The molecule has 0 atom stereocenters. The van der Waals surface area contributed by atoms with Gasteiger partial charge in [0.05, 0.1) is 5.69 Å². The minimum atomic E-state index is -1.15. The second kappa shape index (κ2) is 5.01. The summed E-state index contributed by atoms with van der Waals surface area (Å²) >= 11 is 0. The maximum absolute atomic E-state index is 13.7. The van der Waals surface area contributed by atoms with Gasteiger partial charge in [-0.3, -0.25) is 0 Å². The van der Waals surface area contributed by atoms with E-state index in [0.717, 1.165) is 11.9 Å². The molecule has 19 heavy (non-hydrogen) atoms. The molecule has 0 aliphatic heterocycles. The fourth-order valence-electron chi connectivity index (χ4n) is 1.50. The first-order valence-corrected chi connectivity index (χ1v) is 5.48. The van der Waals surface area contributed by atoms with Gasteiger partial charge in [-0.15, -0.1) is 0 Å². The van der Waals surface area contributed by atoms with Crippen molar-refractivity contribution in [2.75, 3.05) is 0 Å². The van der Waals surface area contributed by atoms with Crippen LogP contribution in [0.4, 0.5) is 4.39 Å². The number of rotatable bonds is 3. The van der Waals surface area contributed by atoms with Gasteiger partial charge in [0.25, 0.3) is 5.88 Å². The number of benzene rings is 1. The number of halogens is 1. The second-order valence-corrected chi connectivity index (χ2v) is 3.99. The number of hydrogen-bond acceptors (Lipinski definition) is 4. The molecule has 0 amide bonds. The van der Waals surface area contributed by atoms with Gasteiger partial charge in [0.15, 0.2) is 0 Å². The molecule has 0 saturated heterocycles. The highest BCUT2D eigenvalue weighted by molar-refractivity contribution is 5.91. The monoisotopic (exact) mass is 262 g/mol. The highest BCUT2D eigenvalue weighted by Gasteiger charge is 2.16. The predicted molar refractivity (Wildman–Crippen MR) is 64.9 cm³/mol. The van der Waals surface area contributed by atoms with Gasteiger partial charge < -0.3 is 9.84 Å². The first-order chi connectivity index (χ1) is 8.99. The number of ether oxygens (including phenoxy) is 1. The smallest absolute Gasteiger partial charge is 0.339 e. The van der Waals surface area contributed by atoms with Gasteiger partial charge in [-0.05, 0) is 31.5 Å². The number of aromatic carboxylic acids is 1. The molecular formula is C13H11FN2O3. The molecule has 0 bridgehead atoms. The Hall–Kier alpha value is -2.50. The van der Waals surface area contributed by atoms with Crippen molar-refractivity contribution < 1.29 is 19.0 Å². The molecule has 0 aliphatic carbocycles. The third kappa shape index (κ3) is 2.67. The molecule has 0 spiro atoms. The summed E-state index contributed by atoms with van der Waals surface area (Å²) in [5.74, 6) is -2.10. The Kier molecular flexibility index (Phi) is 3.41. The summed E-state index contributed by atoms with van der Waals surface area (Å²) in [5, 5.41) is 9.05. The molecule has 1 aromatic heterocycles. The van der Waals surface area contributed by atoms with Gasteiger partial charge >= 0.3 is 5.97 Å². The summed E-state index contributed by atoms with van der Waals surface area (Å²) in [6, 6.07) is 4.55. The number of hydrogen-bond donors (Lipinski definition) is 1. The lowest BCUT2D eigenvalue weighted by Gasteiger charge is -2.09. The zero-order chi connectivity index (χ0) is 14.0. The molecule has 5 nitrogen and oxygen atoms in total. The number of nitrogens with zero attached hydrogens (tertiary/aromatic N) is 2. The molecule has 2 rings (SSSR count). The Balaban J connectivity index is 2.45. The number of carboxylic acids is 1. The first-order valence-electron chi connectivity index (χ1n) is 5.48. The van der Waals surface area contributed by atoms with Crippen molar-refractivity contribution in [3.8, 4) is 11.6 Å². The van der Waals surface area contributed by atoms with Crippen molar-refractivity contribution in [2.24, 2.45) is 0 Å². The summed E-state index contributed by atoms with van der Waals surface area (Å²) in [5.41, 5.74) is 0.877. The molecular weight excluding hydrogens is 251 g/mol.